The number of nitrogens with one attached hydrogen (secondary N) is 1. The van der Waals surface area contributed by atoms with Gasteiger partial charge < -0.3 is 10.2 Å². The first kappa shape index (κ1) is 26.4. The fraction of sp³-hybridized carbons (Fsp3) is 0.440. The molecule has 0 aliphatic carbocycles. The van der Waals surface area contributed by atoms with Crippen molar-refractivity contribution in [3.05, 3.63) is 65.7 Å². The summed E-state index contributed by atoms with van der Waals surface area (Å²) >= 11 is 0. The lowest BCUT2D eigenvalue weighted by atomic mass is 10.0. The lowest BCUT2D eigenvalue weighted by Gasteiger charge is -2.32. The Hall–Kier alpha value is -2.87. The van der Waals surface area contributed by atoms with Crippen LogP contribution in [0.25, 0.3) is 0 Å². The van der Waals surface area contributed by atoms with Gasteiger partial charge in [0.2, 0.25) is 21.8 Å². The van der Waals surface area contributed by atoms with Gasteiger partial charge in [0.25, 0.3) is 0 Å². The number of nitrogens with zero attached hydrogens (tertiary/aromatic N) is 2. The van der Waals surface area contributed by atoms with Crippen LogP contribution in [0.5, 0.6) is 0 Å². The second-order valence-electron chi connectivity index (χ2n) is 8.86. The number of benzene rings is 2. The Kier molecular flexibility index (Phi) is 9.05. The van der Waals surface area contributed by atoms with Crippen molar-refractivity contribution in [3.63, 3.8) is 0 Å². The van der Waals surface area contributed by atoms with Gasteiger partial charge in [0.15, 0.2) is 0 Å². The molecule has 0 aliphatic rings. The fourth-order valence-corrected chi connectivity index (χ4v) is 4.26. The van der Waals surface area contributed by atoms with E-state index in [1.165, 1.54) is 4.90 Å². The number of rotatable bonds is 10. The van der Waals surface area contributed by atoms with Gasteiger partial charge in [0.05, 0.1) is 11.9 Å². The molecule has 0 unspecified atom stereocenters. The fourth-order valence-electron chi connectivity index (χ4n) is 3.41. The monoisotopic (exact) mass is 473 g/mol. The molecule has 8 heteroatoms. The van der Waals surface area contributed by atoms with Crippen LogP contribution in [0.1, 0.15) is 51.7 Å². The third kappa shape index (κ3) is 7.60. The minimum atomic E-state index is -3.73. The summed E-state index contributed by atoms with van der Waals surface area (Å²) in [6.07, 6.45) is 1.08. The molecule has 2 rings (SSSR count). The molecule has 0 radical (unpaired) electrons. The molecule has 0 aliphatic heterocycles. The maximum absolute atomic E-state index is 13.4. The van der Waals surface area contributed by atoms with Gasteiger partial charge in [0, 0.05) is 12.6 Å². The first-order valence-corrected chi connectivity index (χ1v) is 13.0. The van der Waals surface area contributed by atoms with Crippen LogP contribution in [0, 0.1) is 0 Å². The molecule has 0 saturated carbocycles. The lowest BCUT2D eigenvalue weighted by molar-refractivity contribution is -0.139. The summed E-state index contributed by atoms with van der Waals surface area (Å²) < 4.78 is 26.3. The molecule has 180 valence electrons. The maximum Gasteiger partial charge on any atom is 0.244 e. The summed E-state index contributed by atoms with van der Waals surface area (Å²) in [7, 11) is -3.73. The molecule has 0 spiro atoms. The van der Waals surface area contributed by atoms with Gasteiger partial charge in [-0.2, -0.15) is 0 Å². The number of hydrogen-bond acceptors (Lipinski definition) is 4. The van der Waals surface area contributed by atoms with Gasteiger partial charge in [-0.1, -0.05) is 56.3 Å². The van der Waals surface area contributed by atoms with E-state index < -0.39 is 28.5 Å². The zero-order chi connectivity index (χ0) is 24.8. The highest BCUT2D eigenvalue weighted by molar-refractivity contribution is 7.92. The quantitative estimate of drug-likeness (QED) is 0.572. The van der Waals surface area contributed by atoms with Crippen LogP contribution in [-0.2, 0) is 26.2 Å². The Labute approximate surface area is 197 Å². The van der Waals surface area contributed by atoms with E-state index >= 15 is 0 Å². The van der Waals surface area contributed by atoms with Crippen LogP contribution < -0.4 is 9.62 Å². The predicted octanol–water partition coefficient (Wildman–Crippen LogP) is 3.52. The van der Waals surface area contributed by atoms with Crippen molar-refractivity contribution < 1.29 is 18.0 Å². The van der Waals surface area contributed by atoms with E-state index in [2.05, 4.69) is 19.2 Å². The summed E-state index contributed by atoms with van der Waals surface area (Å²) in [5, 5.41) is 2.83. The van der Waals surface area contributed by atoms with Crippen molar-refractivity contribution in [2.24, 2.45) is 0 Å². The van der Waals surface area contributed by atoms with Gasteiger partial charge in [-0.25, -0.2) is 8.42 Å². The van der Waals surface area contributed by atoms with Gasteiger partial charge in [-0.3, -0.25) is 13.9 Å². The van der Waals surface area contributed by atoms with E-state index in [0.717, 1.165) is 21.7 Å². The van der Waals surface area contributed by atoms with E-state index in [1.54, 1.807) is 19.1 Å². The van der Waals surface area contributed by atoms with Crippen LogP contribution in [0.4, 0.5) is 5.69 Å². The summed E-state index contributed by atoms with van der Waals surface area (Å²) in [5.74, 6) is -0.445. The Bertz CT molecular complexity index is 1040. The normalized spacial score (nSPS) is 12.5. The second kappa shape index (κ2) is 11.3. The molecule has 33 heavy (non-hydrogen) atoms. The molecule has 1 atom stereocenters. The molecule has 2 aromatic rings. The first-order chi connectivity index (χ1) is 15.4. The largest absolute Gasteiger partial charge is 0.352 e. The van der Waals surface area contributed by atoms with E-state index in [9.17, 15) is 18.0 Å². The highest BCUT2D eigenvalue weighted by Crippen LogP contribution is 2.22. The standard InChI is InChI=1S/C25H35N3O4S/c1-18(2)22-12-14-23(15-13-22)28(33(6,31)32)17-24(29)27(16-21-10-8-7-9-11-21)20(5)25(30)26-19(3)4/h7-15,18-20H,16-17H2,1-6H3,(H,26,30)/t20-/m1/s1. The molecular weight excluding hydrogens is 438 g/mol. The molecule has 0 bridgehead atoms. The van der Waals surface area contributed by atoms with Crippen molar-refractivity contribution in [1.29, 1.82) is 0 Å². The number of anilines is 1. The molecule has 2 amide bonds. The average molecular weight is 474 g/mol. The van der Waals surface area contributed by atoms with Crippen LogP contribution in [0.3, 0.4) is 0 Å². The van der Waals surface area contributed by atoms with Crippen LogP contribution in [0.2, 0.25) is 0 Å². The molecule has 2 aromatic carbocycles. The number of hydrogen-bond donors (Lipinski definition) is 1. The average Bonchev–Trinajstić information content (AvgIpc) is 2.74. The van der Waals surface area contributed by atoms with Crippen molar-refractivity contribution in [2.75, 3.05) is 17.1 Å². The lowest BCUT2D eigenvalue weighted by Crippen LogP contribution is -2.52. The number of sulfonamides is 1. The van der Waals surface area contributed by atoms with E-state index in [1.807, 2.05) is 56.3 Å². The second-order valence-corrected chi connectivity index (χ2v) is 10.8. The van der Waals surface area contributed by atoms with Gasteiger partial charge in [-0.05, 0) is 49.9 Å². The Morgan fingerprint density at radius 3 is 1.97 bits per heavy atom. The van der Waals surface area contributed by atoms with Crippen molar-refractivity contribution >= 4 is 27.5 Å². The molecule has 1 N–H and O–H groups in total. The number of carbonyl (C=O) groups is 2. The Morgan fingerprint density at radius 2 is 1.48 bits per heavy atom. The van der Waals surface area contributed by atoms with Gasteiger partial charge >= 0.3 is 0 Å². The zero-order valence-corrected chi connectivity index (χ0v) is 21.1. The van der Waals surface area contributed by atoms with Gasteiger partial charge in [-0.15, -0.1) is 0 Å². The third-order valence-electron chi connectivity index (χ3n) is 5.32. The number of amides is 2. The van der Waals surface area contributed by atoms with Crippen molar-refractivity contribution in [2.45, 2.75) is 59.2 Å². The molecule has 0 fully saturated rings. The van der Waals surface area contributed by atoms with E-state index in [4.69, 9.17) is 0 Å². The third-order valence-corrected chi connectivity index (χ3v) is 6.46. The molecule has 0 saturated heterocycles. The topological polar surface area (TPSA) is 86.8 Å². The van der Waals surface area contributed by atoms with Crippen molar-refractivity contribution in [3.8, 4) is 0 Å². The minimum absolute atomic E-state index is 0.0828. The van der Waals surface area contributed by atoms with Crippen LogP contribution >= 0.6 is 0 Å². The Balaban J connectivity index is 2.36. The molecule has 0 heterocycles. The minimum Gasteiger partial charge on any atom is -0.352 e. The van der Waals surface area contributed by atoms with E-state index in [0.29, 0.717) is 11.6 Å². The highest BCUT2D eigenvalue weighted by Gasteiger charge is 2.30. The van der Waals surface area contributed by atoms with Gasteiger partial charge in [0.1, 0.15) is 12.6 Å². The number of carbonyl (C=O) groups excluding carboxylic acids is 2. The maximum atomic E-state index is 13.4. The summed E-state index contributed by atoms with van der Waals surface area (Å²) in [6.45, 7) is 9.25. The molecule has 0 aromatic heterocycles. The zero-order valence-electron chi connectivity index (χ0n) is 20.3. The van der Waals surface area contributed by atoms with Crippen LogP contribution in [0.15, 0.2) is 54.6 Å². The Morgan fingerprint density at radius 1 is 0.909 bits per heavy atom. The first-order valence-electron chi connectivity index (χ1n) is 11.1. The molecular formula is C25H35N3O4S. The summed E-state index contributed by atoms with van der Waals surface area (Å²) in [5.41, 5.74) is 2.33. The predicted molar refractivity (Wildman–Crippen MR) is 132 cm³/mol. The molecule has 7 nitrogen and oxygen atoms in total. The SMILES string of the molecule is CC(C)NC(=O)[C@@H](C)N(Cc1ccccc1)C(=O)CN(c1ccc(C(C)C)cc1)S(C)(=O)=O. The van der Waals surface area contributed by atoms with Crippen molar-refractivity contribution in [1.82, 2.24) is 10.2 Å². The van der Waals surface area contributed by atoms with E-state index in [-0.39, 0.29) is 18.5 Å². The highest BCUT2D eigenvalue weighted by atomic mass is 32.2. The summed E-state index contributed by atoms with van der Waals surface area (Å²) in [6, 6.07) is 15.6. The smallest absolute Gasteiger partial charge is 0.244 e. The summed E-state index contributed by atoms with van der Waals surface area (Å²) in [4.78, 5) is 27.6. The van der Waals surface area contributed by atoms with Crippen LogP contribution in [-0.4, -0.2) is 50.0 Å².